The predicted octanol–water partition coefficient (Wildman–Crippen LogP) is 6.28. The summed E-state index contributed by atoms with van der Waals surface area (Å²) >= 11 is 0. The number of hydrogen-bond donors (Lipinski definition) is 2. The highest BCUT2D eigenvalue weighted by Gasteiger charge is 2.15. The average molecular weight is 383 g/mol. The highest BCUT2D eigenvalue weighted by molar-refractivity contribution is 8.78. The zero-order valence-corrected chi connectivity index (χ0v) is 16.9. The van der Waals surface area contributed by atoms with E-state index in [1.165, 1.54) is 39.8 Å². The maximum absolute atomic E-state index is 11.2. The van der Waals surface area contributed by atoms with Gasteiger partial charge in [0.25, 0.3) is 0 Å². The fourth-order valence-corrected chi connectivity index (χ4v) is 3.86. The van der Waals surface area contributed by atoms with Crippen molar-refractivity contribution in [3.05, 3.63) is 65.1 Å². The summed E-state index contributed by atoms with van der Waals surface area (Å²) in [6.07, 6.45) is 4.49. The molecule has 0 heterocycles. The van der Waals surface area contributed by atoms with Crippen molar-refractivity contribution in [1.82, 2.24) is 0 Å². The monoisotopic (exact) mass is 382 g/mol. The minimum Gasteiger partial charge on any atom is -0.478 e. The van der Waals surface area contributed by atoms with E-state index in [1.807, 2.05) is 27.7 Å². The fourth-order valence-electron chi connectivity index (χ4n) is 1.43. The molecule has 0 atom stereocenters. The second-order valence-electron chi connectivity index (χ2n) is 3.74. The van der Waals surface area contributed by atoms with E-state index in [4.69, 9.17) is 5.11 Å². The maximum atomic E-state index is 11.2. The van der Waals surface area contributed by atoms with E-state index < -0.39 is 11.9 Å². The van der Waals surface area contributed by atoms with Crippen molar-refractivity contribution in [2.24, 2.45) is 0 Å². The molecule has 0 saturated carbocycles. The lowest BCUT2D eigenvalue weighted by Gasteiger charge is -2.08. The van der Waals surface area contributed by atoms with Crippen LogP contribution >= 0.6 is 21.6 Å². The molecule has 0 fully saturated rings. The lowest BCUT2D eigenvalue weighted by molar-refractivity contribution is -0.132. The quantitative estimate of drug-likeness (QED) is 0.328. The van der Waals surface area contributed by atoms with Crippen LogP contribution in [0.3, 0.4) is 0 Å². The minimum atomic E-state index is -1.05. The van der Waals surface area contributed by atoms with Gasteiger partial charge < -0.3 is 10.2 Å². The largest absolute Gasteiger partial charge is 0.478 e. The average Bonchev–Trinajstić information content (AvgIpc) is 2.64. The molecule has 25 heavy (non-hydrogen) atoms. The first-order valence-corrected chi connectivity index (χ1v) is 10.1. The van der Waals surface area contributed by atoms with Gasteiger partial charge in [0.2, 0.25) is 0 Å². The zero-order valence-electron chi connectivity index (χ0n) is 15.3. The van der Waals surface area contributed by atoms with Crippen LogP contribution < -0.4 is 0 Å². The van der Waals surface area contributed by atoms with Gasteiger partial charge in [-0.3, -0.25) is 0 Å². The summed E-state index contributed by atoms with van der Waals surface area (Å²) in [6, 6.07) is 6.59. The van der Waals surface area contributed by atoms with Crippen LogP contribution in [0.25, 0.3) is 0 Å². The van der Waals surface area contributed by atoms with E-state index in [2.05, 4.69) is 6.58 Å². The molecule has 1 rings (SSSR count). The number of carbonyl (C=O) groups is 2. The number of allylic oxidation sites excluding steroid dienone is 3. The highest BCUT2D eigenvalue weighted by atomic mass is 33.1. The van der Waals surface area contributed by atoms with Crippen molar-refractivity contribution in [3.8, 4) is 0 Å². The summed E-state index contributed by atoms with van der Waals surface area (Å²) in [6.45, 7) is 13.2. The topological polar surface area (TPSA) is 74.6 Å². The van der Waals surface area contributed by atoms with Gasteiger partial charge in [0, 0.05) is 9.80 Å². The van der Waals surface area contributed by atoms with Gasteiger partial charge in [-0.25, -0.2) is 9.59 Å². The smallest absolute Gasteiger partial charge is 0.336 e. The molecular formula is C19H26O4S2. The van der Waals surface area contributed by atoms with E-state index >= 15 is 0 Å². The summed E-state index contributed by atoms with van der Waals surface area (Å²) in [7, 11) is 2.41. The van der Waals surface area contributed by atoms with Gasteiger partial charge in [-0.2, -0.15) is 0 Å². The van der Waals surface area contributed by atoms with Crippen LogP contribution in [-0.4, -0.2) is 22.2 Å². The molecule has 1 aromatic carbocycles. The Morgan fingerprint density at radius 1 is 1.08 bits per heavy atom. The number of hydrogen-bond acceptors (Lipinski definition) is 4. The van der Waals surface area contributed by atoms with E-state index in [9.17, 15) is 14.7 Å². The molecule has 0 saturated heterocycles. The van der Waals surface area contributed by atoms with Gasteiger partial charge in [0.15, 0.2) is 0 Å². The summed E-state index contributed by atoms with van der Waals surface area (Å²) in [5.41, 5.74) is 0.313. The first-order chi connectivity index (χ1) is 12.0. The normalized spacial score (nSPS) is 10.6. The lowest BCUT2D eigenvalue weighted by Crippen LogP contribution is -2.01. The Bertz CT molecular complexity index is 620. The third kappa shape index (κ3) is 9.22. The second kappa shape index (κ2) is 15.6. The first-order valence-electron chi connectivity index (χ1n) is 7.90. The zero-order chi connectivity index (χ0) is 19.8. The van der Waals surface area contributed by atoms with Gasteiger partial charge in [-0.15, -0.1) is 0 Å². The van der Waals surface area contributed by atoms with Crippen molar-refractivity contribution in [1.29, 1.82) is 0 Å². The number of aliphatic carboxylic acids is 1. The minimum absolute atomic E-state index is 0.123. The Hall–Kier alpha value is -1.92. The maximum Gasteiger partial charge on any atom is 0.336 e. The standard InChI is InChI=1S/C15H14O4S2.2C2H6/c1-3-7-10(14(16)17)12(4-2)20-21-13-9-6-5-8-11(13)15(18)19;2*1-2/h3-9H,1H2,2H3,(H,16,17)(H,18,19);2*1-2H3/b10-7+,12-4+;;. The van der Waals surface area contributed by atoms with E-state index in [1.54, 1.807) is 31.2 Å². The summed E-state index contributed by atoms with van der Waals surface area (Å²) in [5, 5.41) is 18.3. The van der Waals surface area contributed by atoms with Crippen molar-refractivity contribution in [3.63, 3.8) is 0 Å². The van der Waals surface area contributed by atoms with Gasteiger partial charge in [0.1, 0.15) is 0 Å². The first kappa shape index (κ1) is 25.3. The number of benzene rings is 1. The van der Waals surface area contributed by atoms with E-state index in [-0.39, 0.29) is 11.1 Å². The molecule has 0 amide bonds. The Morgan fingerprint density at radius 2 is 1.64 bits per heavy atom. The molecule has 0 aromatic heterocycles. The Labute approximate surface area is 158 Å². The molecule has 1 aromatic rings. The molecule has 0 aliphatic carbocycles. The van der Waals surface area contributed by atoms with Crippen LogP contribution in [-0.2, 0) is 4.79 Å². The Balaban J connectivity index is 0. The van der Waals surface area contributed by atoms with Gasteiger partial charge >= 0.3 is 11.9 Å². The number of aromatic carboxylic acids is 1. The molecule has 0 spiro atoms. The van der Waals surface area contributed by atoms with Crippen LogP contribution in [0.1, 0.15) is 45.0 Å². The number of carboxylic acid groups (broad SMARTS) is 2. The Kier molecular flexibility index (Phi) is 15.8. The number of carboxylic acids is 2. The molecule has 4 nitrogen and oxygen atoms in total. The van der Waals surface area contributed by atoms with Crippen molar-refractivity contribution < 1.29 is 19.8 Å². The molecule has 0 unspecified atom stereocenters. The molecule has 138 valence electrons. The van der Waals surface area contributed by atoms with Gasteiger partial charge in [-0.05, 0) is 25.1 Å². The molecular weight excluding hydrogens is 356 g/mol. The lowest BCUT2D eigenvalue weighted by atomic mass is 10.2. The second-order valence-corrected chi connectivity index (χ2v) is 5.96. The molecule has 2 N–H and O–H groups in total. The van der Waals surface area contributed by atoms with Crippen LogP contribution in [0, 0.1) is 0 Å². The Morgan fingerprint density at radius 3 is 2.08 bits per heavy atom. The third-order valence-corrected chi connectivity index (χ3v) is 4.96. The number of rotatable bonds is 7. The SMILES string of the molecule is C=C/C=C(C(=O)O)\C(=C/C)SSc1ccccc1C(=O)O.CC.CC. The molecule has 0 aliphatic heterocycles. The van der Waals surface area contributed by atoms with Gasteiger partial charge in [0.05, 0.1) is 11.1 Å². The van der Waals surface area contributed by atoms with Crippen LogP contribution in [0.4, 0.5) is 0 Å². The third-order valence-electron chi connectivity index (χ3n) is 2.38. The molecule has 0 aliphatic rings. The predicted molar refractivity (Wildman–Crippen MR) is 109 cm³/mol. The summed E-state index contributed by atoms with van der Waals surface area (Å²) in [4.78, 5) is 23.4. The van der Waals surface area contributed by atoms with Crippen LogP contribution in [0.15, 0.2) is 64.4 Å². The van der Waals surface area contributed by atoms with Crippen LogP contribution in [0.2, 0.25) is 0 Å². The highest BCUT2D eigenvalue weighted by Crippen LogP contribution is 2.41. The van der Waals surface area contributed by atoms with E-state index in [0.717, 1.165) is 0 Å². The van der Waals surface area contributed by atoms with Crippen molar-refractivity contribution in [2.45, 2.75) is 39.5 Å². The van der Waals surface area contributed by atoms with E-state index in [0.29, 0.717) is 9.80 Å². The molecule has 6 heteroatoms. The summed E-state index contributed by atoms with van der Waals surface area (Å²) in [5.74, 6) is -2.07. The van der Waals surface area contributed by atoms with Crippen molar-refractivity contribution in [2.75, 3.05) is 0 Å². The molecule has 0 bridgehead atoms. The van der Waals surface area contributed by atoms with Crippen molar-refractivity contribution >= 4 is 33.5 Å². The summed E-state index contributed by atoms with van der Waals surface area (Å²) < 4.78 is 0. The fraction of sp³-hybridized carbons (Fsp3) is 0.263. The molecule has 0 radical (unpaired) electrons. The van der Waals surface area contributed by atoms with Crippen LogP contribution in [0.5, 0.6) is 0 Å². The van der Waals surface area contributed by atoms with Gasteiger partial charge in [-0.1, -0.05) is 80.1 Å².